The summed E-state index contributed by atoms with van der Waals surface area (Å²) in [6.45, 7) is 1.78. The Balaban J connectivity index is 0.00000306. The van der Waals surface area contributed by atoms with E-state index in [9.17, 15) is 4.39 Å². The number of nitrogens with zero attached hydrogens (tertiary/aromatic N) is 4. The van der Waals surface area contributed by atoms with Crippen LogP contribution in [0.1, 0.15) is 23.6 Å². The summed E-state index contributed by atoms with van der Waals surface area (Å²) in [5.41, 5.74) is 1.09. The van der Waals surface area contributed by atoms with Crippen molar-refractivity contribution in [3.05, 3.63) is 71.6 Å². The normalized spacial score (nSPS) is 15.4. The molecule has 33 heavy (non-hydrogen) atoms. The van der Waals surface area contributed by atoms with E-state index in [4.69, 9.17) is 9.47 Å². The van der Waals surface area contributed by atoms with Crippen LogP contribution in [-0.2, 0) is 30.9 Å². The maximum atomic E-state index is 13.0. The third-order valence-electron chi connectivity index (χ3n) is 5.17. The van der Waals surface area contributed by atoms with Gasteiger partial charge in [-0.1, -0.05) is 12.1 Å². The molecule has 2 N–H and O–H groups in total. The number of halogens is 2. The fourth-order valence-corrected chi connectivity index (χ4v) is 3.56. The van der Waals surface area contributed by atoms with Crippen LogP contribution in [0.5, 0.6) is 11.5 Å². The van der Waals surface area contributed by atoms with Crippen LogP contribution in [0.3, 0.4) is 0 Å². The number of benzene rings is 2. The summed E-state index contributed by atoms with van der Waals surface area (Å²) >= 11 is 0. The van der Waals surface area contributed by atoms with Gasteiger partial charge in [0, 0.05) is 33.2 Å². The molecule has 0 aliphatic carbocycles. The molecule has 1 aliphatic heterocycles. The van der Waals surface area contributed by atoms with Crippen molar-refractivity contribution in [2.45, 2.75) is 38.6 Å². The number of ether oxygens (including phenoxy) is 2. The highest BCUT2D eigenvalue weighted by Gasteiger charge is 2.22. The zero-order chi connectivity index (χ0) is 22.3. The lowest BCUT2D eigenvalue weighted by atomic mass is 10.1. The van der Waals surface area contributed by atoms with Crippen LogP contribution in [0.15, 0.2) is 53.5 Å². The van der Waals surface area contributed by atoms with E-state index in [1.54, 1.807) is 26.3 Å². The molecular weight excluding hydrogens is 538 g/mol. The Hall–Kier alpha value is -2.73. The van der Waals surface area contributed by atoms with E-state index in [0.29, 0.717) is 24.7 Å². The molecule has 8 nitrogen and oxygen atoms in total. The predicted molar refractivity (Wildman–Crippen MR) is 135 cm³/mol. The van der Waals surface area contributed by atoms with E-state index in [2.05, 4.69) is 25.7 Å². The smallest absolute Gasteiger partial charge is 0.191 e. The Kier molecular flexibility index (Phi) is 9.01. The van der Waals surface area contributed by atoms with Crippen LogP contribution in [0.25, 0.3) is 0 Å². The number of aliphatic imine (C=N–C) groups is 1. The topological polar surface area (TPSA) is 85.6 Å². The number of nitrogens with one attached hydrogen (secondary N) is 2. The monoisotopic (exact) mass is 566 g/mol. The quantitative estimate of drug-likeness (QED) is 0.258. The molecule has 176 valence electrons. The number of hydrogen-bond acceptors (Lipinski definition) is 5. The summed E-state index contributed by atoms with van der Waals surface area (Å²) in [6.07, 6.45) is 1.82. The lowest BCUT2D eigenvalue weighted by molar-refractivity contribution is 0.177. The van der Waals surface area contributed by atoms with Gasteiger partial charge in [0.15, 0.2) is 11.8 Å². The summed E-state index contributed by atoms with van der Waals surface area (Å²) in [6, 6.07) is 13.9. The second-order valence-corrected chi connectivity index (χ2v) is 7.57. The zero-order valence-corrected chi connectivity index (χ0v) is 21.0. The van der Waals surface area contributed by atoms with E-state index in [1.165, 1.54) is 12.1 Å². The molecule has 4 rings (SSSR count). The molecule has 0 bridgehead atoms. The maximum absolute atomic E-state index is 13.0. The summed E-state index contributed by atoms with van der Waals surface area (Å²) in [4.78, 5) is 8.86. The molecule has 1 aromatic heterocycles. The number of aryl methyl sites for hydroxylation is 1. The highest BCUT2D eigenvalue weighted by Crippen LogP contribution is 2.22. The SMILES string of the molecule is CN=C(NCc1ccc(Oc2ccc(F)cc2)cc1)NC1CCc2nc(COC)nn2C1.I. The van der Waals surface area contributed by atoms with E-state index in [1.807, 2.05) is 28.9 Å². The van der Waals surface area contributed by atoms with Crippen molar-refractivity contribution in [3.63, 3.8) is 0 Å². The van der Waals surface area contributed by atoms with Crippen molar-refractivity contribution < 1.29 is 13.9 Å². The van der Waals surface area contributed by atoms with Gasteiger partial charge in [0.2, 0.25) is 0 Å². The highest BCUT2D eigenvalue weighted by molar-refractivity contribution is 14.0. The van der Waals surface area contributed by atoms with Gasteiger partial charge in [-0.3, -0.25) is 4.99 Å². The molecule has 3 aromatic rings. The Labute approximate surface area is 209 Å². The first-order valence-corrected chi connectivity index (χ1v) is 10.5. The second-order valence-electron chi connectivity index (χ2n) is 7.57. The molecule has 1 atom stereocenters. The van der Waals surface area contributed by atoms with Crippen molar-refractivity contribution in [3.8, 4) is 11.5 Å². The van der Waals surface area contributed by atoms with Gasteiger partial charge in [-0.2, -0.15) is 5.10 Å². The lowest BCUT2D eigenvalue weighted by Crippen LogP contribution is -2.46. The van der Waals surface area contributed by atoms with Gasteiger partial charge in [0.25, 0.3) is 0 Å². The number of hydrogen-bond donors (Lipinski definition) is 2. The summed E-state index contributed by atoms with van der Waals surface area (Å²) in [5.74, 6) is 3.47. The maximum Gasteiger partial charge on any atom is 0.191 e. The standard InChI is InChI=1S/C23H27FN6O2.HI/c1-25-23(27-18-7-12-22-28-21(15-31-2)29-30(22)14-18)26-13-16-3-8-19(9-4-16)32-20-10-5-17(24)6-11-20;/h3-6,8-11,18H,7,12-15H2,1-2H3,(H2,25,26,27);1H. The average Bonchev–Trinajstić information content (AvgIpc) is 3.21. The first-order valence-electron chi connectivity index (χ1n) is 10.5. The Morgan fingerprint density at radius 3 is 2.52 bits per heavy atom. The van der Waals surface area contributed by atoms with Gasteiger partial charge in [-0.05, 0) is 48.4 Å². The van der Waals surface area contributed by atoms with Crippen LogP contribution in [0.4, 0.5) is 4.39 Å². The van der Waals surface area contributed by atoms with Crippen molar-refractivity contribution in [2.75, 3.05) is 14.2 Å². The molecule has 2 heterocycles. The summed E-state index contributed by atoms with van der Waals surface area (Å²) in [5, 5.41) is 11.3. The molecule has 1 aliphatic rings. The third-order valence-corrected chi connectivity index (χ3v) is 5.17. The molecule has 0 saturated heterocycles. The van der Waals surface area contributed by atoms with Gasteiger partial charge < -0.3 is 20.1 Å². The molecule has 2 aromatic carbocycles. The minimum Gasteiger partial charge on any atom is -0.457 e. The van der Waals surface area contributed by atoms with E-state index in [-0.39, 0.29) is 35.8 Å². The van der Waals surface area contributed by atoms with Crippen LogP contribution >= 0.6 is 24.0 Å². The number of rotatable bonds is 7. The van der Waals surface area contributed by atoms with Crippen molar-refractivity contribution in [1.29, 1.82) is 0 Å². The average molecular weight is 566 g/mol. The molecule has 0 spiro atoms. The minimum atomic E-state index is -0.286. The number of methoxy groups -OCH3 is 1. The van der Waals surface area contributed by atoms with Gasteiger partial charge in [-0.15, -0.1) is 24.0 Å². The second kappa shape index (κ2) is 11.9. The number of fused-ring (bicyclic) bond motifs is 1. The zero-order valence-electron chi connectivity index (χ0n) is 18.6. The largest absolute Gasteiger partial charge is 0.457 e. The summed E-state index contributed by atoms with van der Waals surface area (Å²) in [7, 11) is 3.40. The predicted octanol–water partition coefficient (Wildman–Crippen LogP) is 3.65. The van der Waals surface area contributed by atoms with Crippen molar-refractivity contribution in [1.82, 2.24) is 25.4 Å². The van der Waals surface area contributed by atoms with Crippen LogP contribution in [0, 0.1) is 5.82 Å². The molecular formula is C23H28FIN6O2. The third kappa shape index (κ3) is 6.87. The molecule has 0 saturated carbocycles. The van der Waals surface area contributed by atoms with E-state index in [0.717, 1.165) is 42.6 Å². The van der Waals surface area contributed by atoms with Crippen molar-refractivity contribution >= 4 is 29.9 Å². The van der Waals surface area contributed by atoms with Crippen LogP contribution in [0.2, 0.25) is 0 Å². The summed E-state index contributed by atoms with van der Waals surface area (Å²) < 4.78 is 25.8. The molecule has 0 fully saturated rings. The Morgan fingerprint density at radius 2 is 1.85 bits per heavy atom. The van der Waals surface area contributed by atoms with Gasteiger partial charge in [-0.25, -0.2) is 14.1 Å². The van der Waals surface area contributed by atoms with Gasteiger partial charge >= 0.3 is 0 Å². The van der Waals surface area contributed by atoms with Gasteiger partial charge in [0.1, 0.15) is 29.7 Å². The Morgan fingerprint density at radius 1 is 1.15 bits per heavy atom. The van der Waals surface area contributed by atoms with Crippen molar-refractivity contribution in [2.24, 2.45) is 4.99 Å². The molecule has 10 heteroatoms. The number of aromatic nitrogens is 3. The van der Waals surface area contributed by atoms with Crippen LogP contribution in [-0.4, -0.2) is 40.9 Å². The number of guanidine groups is 1. The molecule has 0 radical (unpaired) electrons. The Bertz CT molecular complexity index is 1060. The van der Waals surface area contributed by atoms with E-state index >= 15 is 0 Å². The fourth-order valence-electron chi connectivity index (χ4n) is 3.56. The van der Waals surface area contributed by atoms with Crippen LogP contribution < -0.4 is 15.4 Å². The van der Waals surface area contributed by atoms with Gasteiger partial charge in [0.05, 0.1) is 6.54 Å². The van der Waals surface area contributed by atoms with E-state index < -0.39 is 0 Å². The molecule has 0 amide bonds. The lowest BCUT2D eigenvalue weighted by Gasteiger charge is -2.25. The minimum absolute atomic E-state index is 0. The molecule has 1 unspecified atom stereocenters. The first kappa shape index (κ1) is 24.9. The first-order chi connectivity index (χ1) is 15.6. The fraction of sp³-hybridized carbons (Fsp3) is 0.348. The highest BCUT2D eigenvalue weighted by atomic mass is 127.